The monoisotopic (exact) mass is 492 g/mol. The molecule has 1 heterocycles. The van der Waals surface area contributed by atoms with E-state index in [0.29, 0.717) is 32.7 Å². The predicted octanol–water partition coefficient (Wildman–Crippen LogP) is 3.52. The summed E-state index contributed by atoms with van der Waals surface area (Å²) >= 11 is 5.84. The fourth-order valence-electron chi connectivity index (χ4n) is 3.65. The number of carbonyl (C=O) groups excluding carboxylic acids is 1. The summed E-state index contributed by atoms with van der Waals surface area (Å²) in [6, 6.07) is 19.4. The molecule has 178 valence electrons. The number of aliphatic hydroxyl groups excluding tert-OH is 1. The van der Waals surface area contributed by atoms with E-state index >= 15 is 0 Å². The van der Waals surface area contributed by atoms with Crippen molar-refractivity contribution >= 4 is 40.1 Å². The van der Waals surface area contributed by atoms with Crippen LogP contribution in [0.1, 0.15) is 28.4 Å². The molecule has 35 heavy (non-hydrogen) atoms. The van der Waals surface area contributed by atoms with Gasteiger partial charge in [0.05, 0.1) is 17.4 Å². The van der Waals surface area contributed by atoms with Gasteiger partial charge in [-0.25, -0.2) is 4.68 Å². The third-order valence-electron chi connectivity index (χ3n) is 5.60. The maximum Gasteiger partial charge on any atom is 0.309 e. The smallest absolute Gasteiger partial charge is 0.309 e. The van der Waals surface area contributed by atoms with Crippen molar-refractivity contribution in [2.45, 2.75) is 19.1 Å². The molecule has 0 aliphatic rings. The van der Waals surface area contributed by atoms with Gasteiger partial charge in [0, 0.05) is 22.8 Å². The number of aromatic nitrogens is 3. The Morgan fingerprint density at radius 3 is 2.37 bits per heavy atom. The van der Waals surface area contributed by atoms with Gasteiger partial charge in [0.25, 0.3) is 11.5 Å². The Morgan fingerprint density at radius 1 is 1.00 bits per heavy atom. The number of aliphatic carboxylic acids is 1. The van der Waals surface area contributed by atoms with E-state index in [1.807, 2.05) is 0 Å². The molecule has 1 amide bonds. The number of benzene rings is 3. The minimum Gasteiger partial charge on any atom is -0.481 e. The van der Waals surface area contributed by atoms with Gasteiger partial charge >= 0.3 is 5.97 Å². The van der Waals surface area contributed by atoms with Crippen molar-refractivity contribution in [3.05, 3.63) is 99.3 Å². The number of anilines is 1. The summed E-state index contributed by atoms with van der Waals surface area (Å²) in [5.74, 6) is -2.73. The number of carboxylic acids is 1. The number of fused-ring (bicyclic) bond motifs is 1. The second kappa shape index (κ2) is 10.5. The first-order valence-electron chi connectivity index (χ1n) is 10.7. The van der Waals surface area contributed by atoms with Gasteiger partial charge in [-0.1, -0.05) is 41.1 Å². The van der Waals surface area contributed by atoms with E-state index < -0.39 is 18.0 Å². The number of carbonyl (C=O) groups is 2. The number of hydrogen-bond donors (Lipinski definition) is 3. The van der Waals surface area contributed by atoms with Gasteiger partial charge < -0.3 is 15.5 Å². The van der Waals surface area contributed by atoms with Crippen molar-refractivity contribution in [2.24, 2.45) is 5.92 Å². The van der Waals surface area contributed by atoms with E-state index in [1.54, 1.807) is 72.8 Å². The molecule has 0 fully saturated rings. The number of nitrogens with one attached hydrogen (secondary N) is 1. The molecular weight excluding hydrogens is 472 g/mol. The summed E-state index contributed by atoms with van der Waals surface area (Å²) in [5.41, 5.74) is 1.34. The van der Waals surface area contributed by atoms with Gasteiger partial charge in [-0.05, 0) is 60.5 Å². The second-order valence-electron chi connectivity index (χ2n) is 7.90. The summed E-state index contributed by atoms with van der Waals surface area (Å²) in [7, 11) is 0. The summed E-state index contributed by atoms with van der Waals surface area (Å²) in [4.78, 5) is 36.8. The molecule has 10 heteroatoms. The van der Waals surface area contributed by atoms with Crippen LogP contribution < -0.4 is 10.9 Å². The third-order valence-corrected chi connectivity index (χ3v) is 5.85. The summed E-state index contributed by atoms with van der Waals surface area (Å²) in [6.07, 6.45) is -1.38. The Bertz CT molecular complexity index is 1420. The summed E-state index contributed by atoms with van der Waals surface area (Å²) in [5, 5.41) is 31.9. The zero-order valence-corrected chi connectivity index (χ0v) is 19.1. The standard InChI is InChI=1S/C25H21ClN4O5/c26-17-9-5-16(6-10-17)23(32)27-18-11-7-15(8-12-18)22(31)20(25(34)35)13-14-30-24(33)19-3-1-2-4-21(19)28-29-30/h1-12,20,22,31H,13-14H2,(H,27,32)(H,34,35)/t20-,22+/m0/s1. The Kier molecular flexibility index (Phi) is 7.19. The van der Waals surface area contributed by atoms with Gasteiger partial charge in [-0.3, -0.25) is 14.4 Å². The molecule has 4 rings (SSSR count). The summed E-state index contributed by atoms with van der Waals surface area (Å²) in [6.45, 7) is -0.0278. The maximum absolute atomic E-state index is 12.6. The van der Waals surface area contributed by atoms with Crippen LogP contribution in [0.2, 0.25) is 5.02 Å². The molecule has 0 saturated carbocycles. The van der Waals surface area contributed by atoms with Crippen LogP contribution in [0.4, 0.5) is 5.69 Å². The number of aliphatic hydroxyl groups is 1. The van der Waals surface area contributed by atoms with Crippen molar-refractivity contribution in [1.29, 1.82) is 0 Å². The molecule has 0 unspecified atom stereocenters. The first-order chi connectivity index (χ1) is 16.8. The SMILES string of the molecule is O=C(Nc1ccc([C@@H](O)[C@H](CCn2nnc3ccccc3c2=O)C(=O)O)cc1)c1ccc(Cl)cc1. The van der Waals surface area contributed by atoms with Crippen LogP contribution in [0.5, 0.6) is 0 Å². The number of nitrogens with zero attached hydrogens (tertiary/aromatic N) is 3. The topological polar surface area (TPSA) is 134 Å². The Balaban J connectivity index is 1.44. The Morgan fingerprint density at radius 2 is 1.69 bits per heavy atom. The highest BCUT2D eigenvalue weighted by Gasteiger charge is 2.28. The fraction of sp³-hybridized carbons (Fsp3) is 0.160. The molecule has 2 atom stereocenters. The molecule has 1 aromatic heterocycles. The van der Waals surface area contributed by atoms with Gasteiger partial charge in [-0.2, -0.15) is 0 Å². The van der Waals surface area contributed by atoms with Crippen molar-refractivity contribution in [3.63, 3.8) is 0 Å². The van der Waals surface area contributed by atoms with E-state index in [9.17, 15) is 24.6 Å². The van der Waals surface area contributed by atoms with Crippen LogP contribution in [-0.2, 0) is 11.3 Å². The van der Waals surface area contributed by atoms with Crippen molar-refractivity contribution in [2.75, 3.05) is 5.32 Å². The van der Waals surface area contributed by atoms with Crippen LogP contribution in [-0.4, -0.2) is 37.1 Å². The highest BCUT2D eigenvalue weighted by molar-refractivity contribution is 6.30. The van der Waals surface area contributed by atoms with E-state index in [4.69, 9.17) is 11.6 Å². The maximum atomic E-state index is 12.6. The van der Waals surface area contributed by atoms with Crippen LogP contribution >= 0.6 is 11.6 Å². The zero-order valence-electron chi connectivity index (χ0n) is 18.3. The van der Waals surface area contributed by atoms with Crippen molar-refractivity contribution < 1.29 is 19.8 Å². The molecule has 3 aromatic carbocycles. The number of hydrogen-bond acceptors (Lipinski definition) is 6. The highest BCUT2D eigenvalue weighted by atomic mass is 35.5. The first-order valence-corrected chi connectivity index (χ1v) is 11.1. The predicted molar refractivity (Wildman–Crippen MR) is 130 cm³/mol. The largest absolute Gasteiger partial charge is 0.481 e. The minimum absolute atomic E-state index is 0.0278. The Hall–Kier alpha value is -4.08. The van der Waals surface area contributed by atoms with Crippen LogP contribution in [0, 0.1) is 5.92 Å². The Labute approximate surface area is 204 Å². The van der Waals surface area contributed by atoms with Crippen LogP contribution in [0.25, 0.3) is 10.9 Å². The van der Waals surface area contributed by atoms with E-state index in [-0.39, 0.29) is 24.4 Å². The van der Waals surface area contributed by atoms with Crippen molar-refractivity contribution in [1.82, 2.24) is 15.0 Å². The van der Waals surface area contributed by atoms with Crippen LogP contribution in [0.3, 0.4) is 0 Å². The minimum atomic E-state index is -1.34. The molecule has 9 nitrogen and oxygen atoms in total. The lowest BCUT2D eigenvalue weighted by atomic mass is 9.92. The van der Waals surface area contributed by atoms with Crippen LogP contribution in [0.15, 0.2) is 77.6 Å². The lowest BCUT2D eigenvalue weighted by Gasteiger charge is -2.20. The molecule has 0 aliphatic carbocycles. The zero-order chi connectivity index (χ0) is 24.9. The molecule has 0 bridgehead atoms. The van der Waals surface area contributed by atoms with E-state index in [0.717, 1.165) is 4.68 Å². The molecule has 3 N–H and O–H groups in total. The van der Waals surface area contributed by atoms with Crippen molar-refractivity contribution in [3.8, 4) is 0 Å². The van der Waals surface area contributed by atoms with E-state index in [1.165, 1.54) is 0 Å². The normalized spacial score (nSPS) is 12.7. The number of rotatable bonds is 8. The van der Waals surface area contributed by atoms with Gasteiger partial charge in [0.15, 0.2) is 0 Å². The van der Waals surface area contributed by atoms with Gasteiger partial charge in [-0.15, -0.1) is 5.10 Å². The van der Waals surface area contributed by atoms with Gasteiger partial charge in [0.2, 0.25) is 0 Å². The quantitative estimate of drug-likeness (QED) is 0.342. The fourth-order valence-corrected chi connectivity index (χ4v) is 3.77. The molecule has 0 spiro atoms. The lowest BCUT2D eigenvalue weighted by molar-refractivity contribution is -0.146. The molecule has 4 aromatic rings. The third kappa shape index (κ3) is 5.53. The summed E-state index contributed by atoms with van der Waals surface area (Å²) < 4.78 is 1.10. The number of amides is 1. The number of carboxylic acid groups (broad SMARTS) is 1. The lowest BCUT2D eigenvalue weighted by Crippen LogP contribution is -2.29. The second-order valence-corrected chi connectivity index (χ2v) is 8.33. The average Bonchev–Trinajstić information content (AvgIpc) is 2.86. The molecule has 0 radical (unpaired) electrons. The number of halogens is 1. The molecule has 0 aliphatic heterocycles. The first kappa shape index (κ1) is 24.1. The van der Waals surface area contributed by atoms with Gasteiger partial charge in [0.1, 0.15) is 5.52 Å². The number of aryl methyl sites for hydroxylation is 1. The van der Waals surface area contributed by atoms with E-state index in [2.05, 4.69) is 15.6 Å². The highest BCUT2D eigenvalue weighted by Crippen LogP contribution is 2.27. The molecular formula is C25H21ClN4O5. The average molecular weight is 493 g/mol. The molecule has 0 saturated heterocycles.